The second-order valence-corrected chi connectivity index (χ2v) is 7.84. The molecule has 0 aromatic carbocycles. The van der Waals surface area contributed by atoms with Crippen LogP contribution in [-0.2, 0) is 14.3 Å². The minimum Gasteiger partial charge on any atom is -0.469 e. The van der Waals surface area contributed by atoms with Gasteiger partial charge in [-0.2, -0.15) is 0 Å². The van der Waals surface area contributed by atoms with E-state index in [-0.39, 0.29) is 17.9 Å². The van der Waals surface area contributed by atoms with Crippen LogP contribution in [0.25, 0.3) is 0 Å². The number of aryl methyl sites for hydroxylation is 1. The van der Waals surface area contributed by atoms with Crippen LogP contribution in [0.1, 0.15) is 41.8 Å². The molecule has 2 N–H and O–H groups in total. The smallest absolute Gasteiger partial charge is 0.257 e. The number of hydrogen-bond donors (Lipinski definition) is 2. The maximum Gasteiger partial charge on any atom is 0.257 e. The average molecular weight is 409 g/mol. The number of carbonyl (C=O) groups is 2. The zero-order chi connectivity index (χ0) is 20.5. The molecule has 0 bridgehead atoms. The summed E-state index contributed by atoms with van der Waals surface area (Å²) in [6.07, 6.45) is 4.78. The lowest BCUT2D eigenvalue weighted by Gasteiger charge is -2.25. The van der Waals surface area contributed by atoms with Gasteiger partial charge in [0.05, 0.1) is 37.7 Å². The van der Waals surface area contributed by atoms with Crippen LogP contribution < -0.4 is 10.2 Å². The van der Waals surface area contributed by atoms with Gasteiger partial charge in [-0.05, 0) is 25.8 Å². The zero-order valence-corrected chi connectivity index (χ0v) is 17.4. The monoisotopic (exact) mass is 408 g/mol. The van der Waals surface area contributed by atoms with Gasteiger partial charge in [0.2, 0.25) is 5.91 Å². The minimum absolute atomic E-state index is 0.0176. The summed E-state index contributed by atoms with van der Waals surface area (Å²) in [7, 11) is 0. The van der Waals surface area contributed by atoms with E-state index in [0.29, 0.717) is 37.4 Å². The maximum atomic E-state index is 12.9. The van der Waals surface area contributed by atoms with Gasteiger partial charge in [-0.1, -0.05) is 0 Å². The number of carbonyl (C=O) groups excluding carboxylic acids is 2. The third-order valence-electron chi connectivity index (χ3n) is 5.66. The number of rotatable bonds is 10. The largest absolute Gasteiger partial charge is 0.469 e. The van der Waals surface area contributed by atoms with Crippen molar-refractivity contribution < 1.29 is 28.4 Å². The molecule has 2 fully saturated rings. The van der Waals surface area contributed by atoms with Crippen LogP contribution in [0.5, 0.6) is 0 Å². The molecule has 2 aliphatic heterocycles. The number of amides is 2. The summed E-state index contributed by atoms with van der Waals surface area (Å²) in [6.45, 7) is 8.86. The van der Waals surface area contributed by atoms with Gasteiger partial charge in [-0.3, -0.25) is 9.59 Å². The predicted octanol–water partition coefficient (Wildman–Crippen LogP) is 0.0207. The van der Waals surface area contributed by atoms with E-state index < -0.39 is 0 Å². The second-order valence-electron chi connectivity index (χ2n) is 7.84. The summed E-state index contributed by atoms with van der Waals surface area (Å²) < 4.78 is 16.3. The lowest BCUT2D eigenvalue weighted by Crippen LogP contribution is -3.14. The van der Waals surface area contributed by atoms with Gasteiger partial charge in [0.1, 0.15) is 18.8 Å². The topological polar surface area (TPSA) is 85.5 Å². The SMILES string of the molecule is Cc1occc1C(=O)N(CCC(=O)NCCC[NH+]1CCOCC1)C[C@@H]1CCCO1. The molecule has 0 aliphatic carbocycles. The van der Waals surface area contributed by atoms with Crippen molar-refractivity contribution in [1.29, 1.82) is 0 Å². The molecule has 0 spiro atoms. The van der Waals surface area contributed by atoms with Gasteiger partial charge in [0.25, 0.3) is 5.91 Å². The van der Waals surface area contributed by atoms with E-state index in [2.05, 4.69) is 5.32 Å². The summed E-state index contributed by atoms with van der Waals surface area (Å²) in [5.41, 5.74) is 0.553. The molecule has 0 saturated carbocycles. The predicted molar refractivity (Wildman–Crippen MR) is 107 cm³/mol. The fourth-order valence-electron chi connectivity index (χ4n) is 3.89. The molecule has 1 aromatic heterocycles. The van der Waals surface area contributed by atoms with Gasteiger partial charge >= 0.3 is 0 Å². The third kappa shape index (κ3) is 6.83. The lowest BCUT2D eigenvalue weighted by molar-refractivity contribution is -0.908. The van der Waals surface area contributed by atoms with Gasteiger partial charge < -0.3 is 29.0 Å². The number of ether oxygens (including phenoxy) is 2. The molecule has 3 heterocycles. The van der Waals surface area contributed by atoms with Crippen LogP contribution in [0.15, 0.2) is 16.7 Å². The van der Waals surface area contributed by atoms with Crippen LogP contribution in [0.4, 0.5) is 0 Å². The molecular formula is C21H34N3O5+. The van der Waals surface area contributed by atoms with E-state index in [1.54, 1.807) is 17.9 Å². The van der Waals surface area contributed by atoms with Crippen molar-refractivity contribution in [3.8, 4) is 0 Å². The van der Waals surface area contributed by atoms with Crippen molar-refractivity contribution in [2.24, 2.45) is 0 Å². The maximum absolute atomic E-state index is 12.9. The number of nitrogens with zero attached hydrogens (tertiary/aromatic N) is 1. The summed E-state index contributed by atoms with van der Waals surface area (Å²) in [4.78, 5) is 28.5. The Balaban J connectivity index is 1.42. The van der Waals surface area contributed by atoms with E-state index in [4.69, 9.17) is 13.9 Å². The van der Waals surface area contributed by atoms with Crippen LogP contribution in [0.2, 0.25) is 0 Å². The average Bonchev–Trinajstić information content (AvgIpc) is 3.40. The van der Waals surface area contributed by atoms with Gasteiger partial charge in [-0.25, -0.2) is 0 Å². The minimum atomic E-state index is -0.101. The van der Waals surface area contributed by atoms with Crippen molar-refractivity contribution in [2.75, 3.05) is 59.1 Å². The van der Waals surface area contributed by atoms with Gasteiger partial charge in [-0.15, -0.1) is 0 Å². The number of nitrogens with one attached hydrogen (secondary N) is 2. The van der Waals surface area contributed by atoms with Crippen molar-refractivity contribution >= 4 is 11.8 Å². The molecule has 3 rings (SSSR count). The van der Waals surface area contributed by atoms with E-state index in [9.17, 15) is 9.59 Å². The molecule has 8 nitrogen and oxygen atoms in total. The Hall–Kier alpha value is -1.90. The molecule has 2 amide bonds. The molecule has 2 saturated heterocycles. The first-order valence-corrected chi connectivity index (χ1v) is 10.8. The summed E-state index contributed by atoms with van der Waals surface area (Å²) in [5, 5.41) is 2.99. The van der Waals surface area contributed by atoms with Gasteiger partial charge in [0, 0.05) is 39.1 Å². The van der Waals surface area contributed by atoms with Crippen LogP contribution in [0.3, 0.4) is 0 Å². The Bertz CT molecular complexity index is 650. The second kappa shape index (κ2) is 11.3. The quantitative estimate of drug-likeness (QED) is 0.533. The number of furan rings is 1. The highest BCUT2D eigenvalue weighted by atomic mass is 16.5. The molecular weight excluding hydrogens is 374 g/mol. The Labute approximate surface area is 172 Å². The summed E-state index contributed by atoms with van der Waals surface area (Å²) in [5.74, 6) is 0.480. The molecule has 0 radical (unpaired) electrons. The van der Waals surface area contributed by atoms with Crippen molar-refractivity contribution in [3.63, 3.8) is 0 Å². The highest BCUT2D eigenvalue weighted by molar-refractivity contribution is 5.95. The Morgan fingerprint density at radius 2 is 2.10 bits per heavy atom. The third-order valence-corrected chi connectivity index (χ3v) is 5.66. The highest BCUT2D eigenvalue weighted by Crippen LogP contribution is 2.17. The first-order valence-electron chi connectivity index (χ1n) is 10.8. The van der Waals surface area contributed by atoms with E-state index in [1.807, 2.05) is 0 Å². The molecule has 29 heavy (non-hydrogen) atoms. The number of quaternary nitrogens is 1. The van der Waals surface area contributed by atoms with Crippen LogP contribution in [0, 0.1) is 6.92 Å². The lowest BCUT2D eigenvalue weighted by atomic mass is 10.1. The van der Waals surface area contributed by atoms with Crippen molar-refractivity contribution in [3.05, 3.63) is 23.7 Å². The normalized spacial score (nSPS) is 20.0. The standard InChI is InChI=1S/C21H33N3O5/c1-17-19(6-13-28-17)21(26)24(16-18-4-2-12-29-18)9-5-20(25)22-7-3-8-23-10-14-27-15-11-23/h6,13,18H,2-5,7-12,14-16H2,1H3,(H,22,25)/p+1/t18-/m0/s1. The van der Waals surface area contributed by atoms with E-state index >= 15 is 0 Å². The fourth-order valence-corrected chi connectivity index (χ4v) is 3.89. The van der Waals surface area contributed by atoms with Gasteiger partial charge in [0.15, 0.2) is 0 Å². The number of hydrogen-bond acceptors (Lipinski definition) is 5. The first-order chi connectivity index (χ1) is 14.1. The molecule has 8 heteroatoms. The van der Waals surface area contributed by atoms with Crippen molar-refractivity contribution in [2.45, 2.75) is 38.7 Å². The Morgan fingerprint density at radius 1 is 1.28 bits per heavy atom. The summed E-state index contributed by atoms with van der Waals surface area (Å²) >= 11 is 0. The van der Waals surface area contributed by atoms with Crippen molar-refractivity contribution in [1.82, 2.24) is 10.2 Å². The highest BCUT2D eigenvalue weighted by Gasteiger charge is 2.25. The first kappa shape index (κ1) is 21.8. The number of morpholine rings is 1. The molecule has 1 aromatic rings. The summed E-state index contributed by atoms with van der Waals surface area (Å²) in [6, 6.07) is 1.69. The van der Waals surface area contributed by atoms with Crippen LogP contribution >= 0.6 is 0 Å². The molecule has 162 valence electrons. The fraction of sp³-hybridized carbons (Fsp3) is 0.714. The molecule has 0 unspecified atom stereocenters. The van der Waals surface area contributed by atoms with E-state index in [0.717, 1.165) is 58.7 Å². The molecule has 1 atom stereocenters. The molecule has 2 aliphatic rings. The zero-order valence-electron chi connectivity index (χ0n) is 17.4. The Morgan fingerprint density at radius 3 is 2.79 bits per heavy atom. The van der Waals surface area contributed by atoms with Crippen LogP contribution in [-0.4, -0.2) is 81.9 Å². The van der Waals surface area contributed by atoms with E-state index in [1.165, 1.54) is 11.2 Å². The Kier molecular flexibility index (Phi) is 8.52.